The maximum absolute atomic E-state index is 13.0. The molecule has 6 rings (SSSR count). The third-order valence-electron chi connectivity index (χ3n) is 7.69. The Hall–Kier alpha value is -1.46. The fourth-order valence-corrected chi connectivity index (χ4v) is 7.57. The molecule has 4 bridgehead atoms. The largest absolute Gasteiger partial charge is 0.484 e. The predicted molar refractivity (Wildman–Crippen MR) is 124 cm³/mol. The molecule has 1 unspecified atom stereocenters. The average molecular weight is 507 g/mol. The SMILES string of the molecule is CCC(NC(=O)c1ccc(COc2ccc(Br)cc2Cl)o1)C12CC3CC(CC(C3)C1)C2. The Morgan fingerprint density at radius 2 is 1.87 bits per heavy atom. The molecule has 4 fully saturated rings. The van der Waals surface area contributed by atoms with Crippen LogP contribution in [0.3, 0.4) is 0 Å². The molecule has 1 N–H and O–H groups in total. The summed E-state index contributed by atoms with van der Waals surface area (Å²) < 4.78 is 12.5. The topological polar surface area (TPSA) is 51.5 Å². The first-order chi connectivity index (χ1) is 14.9. The number of nitrogens with one attached hydrogen (secondary N) is 1. The van der Waals surface area contributed by atoms with E-state index in [1.165, 1.54) is 38.5 Å². The summed E-state index contributed by atoms with van der Waals surface area (Å²) in [5.41, 5.74) is 0.288. The van der Waals surface area contributed by atoms with Gasteiger partial charge in [0.05, 0.1) is 5.02 Å². The number of furan rings is 1. The van der Waals surface area contributed by atoms with Crippen molar-refractivity contribution in [2.24, 2.45) is 23.2 Å². The maximum atomic E-state index is 13.0. The molecule has 0 spiro atoms. The Balaban J connectivity index is 1.23. The van der Waals surface area contributed by atoms with Gasteiger partial charge >= 0.3 is 0 Å². The highest BCUT2D eigenvalue weighted by Crippen LogP contribution is 2.61. The summed E-state index contributed by atoms with van der Waals surface area (Å²) in [5, 5.41) is 3.87. The summed E-state index contributed by atoms with van der Waals surface area (Å²) in [5.74, 6) is 4.03. The van der Waals surface area contributed by atoms with Crippen LogP contribution in [0.25, 0.3) is 0 Å². The third kappa shape index (κ3) is 4.28. The second-order valence-electron chi connectivity index (χ2n) is 9.84. The summed E-state index contributed by atoms with van der Waals surface area (Å²) in [4.78, 5) is 13.0. The van der Waals surface area contributed by atoms with Gasteiger partial charge in [-0.1, -0.05) is 34.5 Å². The molecule has 1 aromatic carbocycles. The first kappa shape index (κ1) is 21.4. The van der Waals surface area contributed by atoms with Crippen molar-refractivity contribution < 1.29 is 13.9 Å². The highest BCUT2D eigenvalue weighted by atomic mass is 79.9. The van der Waals surface area contributed by atoms with Crippen molar-refractivity contribution in [1.29, 1.82) is 0 Å². The number of hydrogen-bond acceptors (Lipinski definition) is 3. The molecule has 4 nitrogen and oxygen atoms in total. The number of amides is 1. The Morgan fingerprint density at radius 3 is 2.48 bits per heavy atom. The van der Waals surface area contributed by atoms with Gasteiger partial charge in [-0.2, -0.15) is 0 Å². The van der Waals surface area contributed by atoms with Gasteiger partial charge in [0.2, 0.25) is 0 Å². The highest BCUT2D eigenvalue weighted by molar-refractivity contribution is 9.10. The van der Waals surface area contributed by atoms with E-state index >= 15 is 0 Å². The van der Waals surface area contributed by atoms with Crippen LogP contribution in [0.15, 0.2) is 39.2 Å². The van der Waals surface area contributed by atoms with Crippen molar-refractivity contribution in [3.8, 4) is 5.75 Å². The number of benzene rings is 1. The molecule has 4 aliphatic rings. The monoisotopic (exact) mass is 505 g/mol. The summed E-state index contributed by atoms with van der Waals surface area (Å²) in [7, 11) is 0. The van der Waals surface area contributed by atoms with Gasteiger partial charge in [-0.3, -0.25) is 4.79 Å². The van der Waals surface area contributed by atoms with Gasteiger partial charge in [0, 0.05) is 10.5 Å². The number of carbonyl (C=O) groups is 1. The molecule has 31 heavy (non-hydrogen) atoms. The lowest BCUT2D eigenvalue weighted by molar-refractivity contribution is -0.0728. The molecule has 1 atom stereocenters. The molecule has 2 aromatic rings. The summed E-state index contributed by atoms with van der Waals surface area (Å²) in [6, 6.07) is 9.22. The van der Waals surface area contributed by atoms with Gasteiger partial charge in [0.15, 0.2) is 5.76 Å². The van der Waals surface area contributed by atoms with Gasteiger partial charge < -0.3 is 14.5 Å². The highest BCUT2D eigenvalue weighted by Gasteiger charge is 2.54. The molecular formula is C25H29BrClNO3. The Labute approximate surface area is 197 Å². The van der Waals surface area contributed by atoms with Crippen LogP contribution >= 0.6 is 27.5 Å². The minimum atomic E-state index is -0.115. The van der Waals surface area contributed by atoms with Crippen molar-refractivity contribution >= 4 is 33.4 Å². The Bertz CT molecular complexity index is 936. The number of carbonyl (C=O) groups excluding carboxylic acids is 1. The van der Waals surface area contributed by atoms with Crippen molar-refractivity contribution in [2.75, 3.05) is 0 Å². The molecule has 1 amide bonds. The van der Waals surface area contributed by atoms with Gasteiger partial charge in [-0.25, -0.2) is 0 Å². The summed E-state index contributed by atoms with van der Waals surface area (Å²) in [6.07, 6.45) is 9.04. The van der Waals surface area contributed by atoms with Gasteiger partial charge in [-0.05, 0) is 98.4 Å². The number of rotatable bonds is 7. The van der Waals surface area contributed by atoms with E-state index in [1.54, 1.807) is 24.3 Å². The van der Waals surface area contributed by atoms with Crippen molar-refractivity contribution in [3.63, 3.8) is 0 Å². The van der Waals surface area contributed by atoms with Crippen molar-refractivity contribution in [2.45, 2.75) is 64.5 Å². The van der Waals surface area contributed by atoms with E-state index in [4.69, 9.17) is 20.8 Å². The van der Waals surface area contributed by atoms with Crippen LogP contribution in [0, 0.1) is 23.2 Å². The maximum Gasteiger partial charge on any atom is 0.287 e. The van der Waals surface area contributed by atoms with Crippen LogP contribution in [0.1, 0.15) is 68.2 Å². The van der Waals surface area contributed by atoms with Crippen LogP contribution in [-0.4, -0.2) is 11.9 Å². The normalized spacial score (nSPS) is 29.7. The van der Waals surface area contributed by atoms with Crippen LogP contribution in [0.5, 0.6) is 5.75 Å². The third-order valence-corrected chi connectivity index (χ3v) is 8.48. The molecular weight excluding hydrogens is 478 g/mol. The lowest BCUT2D eigenvalue weighted by atomic mass is 9.47. The first-order valence-corrected chi connectivity index (χ1v) is 12.6. The smallest absolute Gasteiger partial charge is 0.287 e. The molecule has 1 aromatic heterocycles. The van der Waals surface area contributed by atoms with E-state index in [2.05, 4.69) is 28.2 Å². The summed E-state index contributed by atoms with van der Waals surface area (Å²) in [6.45, 7) is 2.42. The fourth-order valence-electron chi connectivity index (χ4n) is 6.84. The van der Waals surface area contributed by atoms with E-state index < -0.39 is 0 Å². The molecule has 4 saturated carbocycles. The molecule has 0 aliphatic heterocycles. The molecule has 0 saturated heterocycles. The average Bonchev–Trinajstić information content (AvgIpc) is 3.19. The zero-order valence-electron chi connectivity index (χ0n) is 17.8. The lowest BCUT2D eigenvalue weighted by Crippen LogP contribution is -2.56. The summed E-state index contributed by atoms with van der Waals surface area (Å²) >= 11 is 9.59. The standard InChI is InChI=1S/C25H29BrClNO3/c1-2-23(25-11-15-7-16(12-25)9-17(8-15)13-25)28-24(29)22-6-4-19(31-22)14-30-21-5-3-18(26)10-20(21)27/h3-6,10,15-17,23H,2,7-9,11-14H2,1H3,(H,28,29). The van der Waals surface area contributed by atoms with Crippen LogP contribution in [0.4, 0.5) is 0 Å². The van der Waals surface area contributed by atoms with E-state index in [-0.39, 0.29) is 24.0 Å². The Kier molecular flexibility index (Phi) is 5.85. The second kappa shape index (κ2) is 8.47. The molecule has 1 heterocycles. The molecule has 6 heteroatoms. The van der Waals surface area contributed by atoms with E-state index in [9.17, 15) is 4.79 Å². The first-order valence-electron chi connectivity index (χ1n) is 11.4. The van der Waals surface area contributed by atoms with Crippen LogP contribution in [0.2, 0.25) is 5.02 Å². The van der Waals surface area contributed by atoms with Gasteiger partial charge in [0.1, 0.15) is 18.1 Å². The molecule has 0 radical (unpaired) electrons. The number of ether oxygens (including phenoxy) is 1. The van der Waals surface area contributed by atoms with Gasteiger partial charge in [0.25, 0.3) is 5.91 Å². The van der Waals surface area contributed by atoms with Gasteiger partial charge in [-0.15, -0.1) is 0 Å². The zero-order valence-corrected chi connectivity index (χ0v) is 20.2. The Morgan fingerprint density at radius 1 is 1.19 bits per heavy atom. The van der Waals surface area contributed by atoms with Crippen molar-refractivity contribution in [1.82, 2.24) is 5.32 Å². The second-order valence-corrected chi connectivity index (χ2v) is 11.2. The zero-order chi connectivity index (χ0) is 21.6. The number of hydrogen-bond donors (Lipinski definition) is 1. The van der Waals surface area contributed by atoms with E-state index in [0.717, 1.165) is 28.6 Å². The molecule has 166 valence electrons. The van der Waals surface area contributed by atoms with Crippen LogP contribution < -0.4 is 10.1 Å². The minimum Gasteiger partial charge on any atom is -0.484 e. The van der Waals surface area contributed by atoms with Crippen molar-refractivity contribution in [3.05, 3.63) is 51.3 Å². The lowest BCUT2D eigenvalue weighted by Gasteiger charge is -2.59. The fraction of sp³-hybridized carbons (Fsp3) is 0.560. The molecule has 4 aliphatic carbocycles. The van der Waals surface area contributed by atoms with Crippen LogP contribution in [-0.2, 0) is 6.61 Å². The van der Waals surface area contributed by atoms with E-state index in [1.807, 2.05) is 6.07 Å². The quantitative estimate of drug-likeness (QED) is 0.440. The minimum absolute atomic E-state index is 0.115. The number of halogens is 2. The van der Waals surface area contributed by atoms with E-state index in [0.29, 0.717) is 22.3 Å². The predicted octanol–water partition coefficient (Wildman–Crippen LogP) is 7.00.